The Morgan fingerprint density at radius 2 is 1.87 bits per heavy atom. The van der Waals surface area contributed by atoms with E-state index >= 15 is 0 Å². The minimum absolute atomic E-state index is 0.0258. The summed E-state index contributed by atoms with van der Waals surface area (Å²) in [6.07, 6.45) is -2.59. The number of phenolic OH excluding ortho intramolecular Hbond substituents is 2. The fraction of sp³-hybridized carbons (Fsp3) is 0.450. The number of carbonyl (C=O) groups is 1. The maximum atomic E-state index is 11.8. The zero-order chi connectivity index (χ0) is 22.3. The molecule has 0 unspecified atom stereocenters. The van der Waals surface area contributed by atoms with Crippen molar-refractivity contribution in [1.82, 2.24) is 0 Å². The molecule has 10 heteroatoms. The Morgan fingerprint density at radius 3 is 2.53 bits per heavy atom. The van der Waals surface area contributed by atoms with E-state index in [-0.39, 0.29) is 24.7 Å². The van der Waals surface area contributed by atoms with E-state index in [1.54, 1.807) is 13.0 Å². The number of hydrogen-bond acceptors (Lipinski definition) is 10. The predicted octanol–water partition coefficient (Wildman–Crippen LogP) is -0.583. The van der Waals surface area contributed by atoms with Crippen molar-refractivity contribution < 1.29 is 49.6 Å². The van der Waals surface area contributed by atoms with Crippen LogP contribution in [0, 0.1) is 0 Å². The molecule has 0 spiro atoms. The minimum atomic E-state index is -1.52. The highest BCUT2D eigenvalue weighted by atomic mass is 16.7. The van der Waals surface area contributed by atoms with Crippen molar-refractivity contribution in [2.24, 2.45) is 0 Å². The zero-order valence-corrected chi connectivity index (χ0v) is 16.3. The SMILES string of the molecule is CC(=CCO[C@H]1O[C@@H](CO)[C@H](O)[C@@H](O)[C@@H]1O)COC(=O)C=Cc1ccc(O)c(O)c1. The Kier molecular flexibility index (Phi) is 8.78. The average Bonchev–Trinajstić information content (AvgIpc) is 2.73. The van der Waals surface area contributed by atoms with Crippen LogP contribution in [-0.2, 0) is 19.0 Å². The van der Waals surface area contributed by atoms with Crippen LogP contribution in [0.2, 0.25) is 0 Å². The standard InChI is InChI=1S/C20H26O10/c1-11(6-7-28-20-19(27)18(26)17(25)15(9-21)30-20)10-29-16(24)5-3-12-2-4-13(22)14(23)8-12/h2-6,8,15,17-23,25-27H,7,9-10H2,1H3/t15-,17-,18+,19-,20-/m0/s1. The quantitative estimate of drug-likeness (QED) is 0.137. The van der Waals surface area contributed by atoms with E-state index in [1.807, 2.05) is 0 Å². The molecule has 1 fully saturated rings. The molecule has 1 aliphatic rings. The number of aliphatic hydroxyl groups excluding tert-OH is 4. The second kappa shape index (κ2) is 11.1. The number of ether oxygens (including phenoxy) is 3. The highest BCUT2D eigenvalue weighted by molar-refractivity contribution is 5.87. The van der Waals surface area contributed by atoms with Gasteiger partial charge in [0.05, 0.1) is 13.2 Å². The van der Waals surface area contributed by atoms with Gasteiger partial charge in [0.15, 0.2) is 17.8 Å². The number of rotatable bonds is 8. The number of esters is 1. The number of hydrogen-bond donors (Lipinski definition) is 6. The van der Waals surface area contributed by atoms with E-state index in [0.29, 0.717) is 11.1 Å². The van der Waals surface area contributed by atoms with E-state index in [1.165, 1.54) is 30.4 Å². The lowest BCUT2D eigenvalue weighted by Gasteiger charge is -2.39. The summed E-state index contributed by atoms with van der Waals surface area (Å²) in [6.45, 7) is 1.08. The lowest BCUT2D eigenvalue weighted by atomic mass is 9.99. The highest BCUT2D eigenvalue weighted by Gasteiger charge is 2.43. The number of phenols is 2. The Morgan fingerprint density at radius 1 is 1.13 bits per heavy atom. The molecule has 0 bridgehead atoms. The molecule has 0 aromatic heterocycles. The van der Waals surface area contributed by atoms with Gasteiger partial charge in [-0.25, -0.2) is 4.79 Å². The second-order valence-corrected chi connectivity index (χ2v) is 6.77. The van der Waals surface area contributed by atoms with Gasteiger partial charge in [0.25, 0.3) is 0 Å². The first-order valence-corrected chi connectivity index (χ1v) is 9.17. The van der Waals surface area contributed by atoms with Crippen molar-refractivity contribution in [1.29, 1.82) is 0 Å². The van der Waals surface area contributed by atoms with Gasteiger partial charge < -0.3 is 44.8 Å². The van der Waals surface area contributed by atoms with E-state index in [9.17, 15) is 30.3 Å². The van der Waals surface area contributed by atoms with Gasteiger partial charge in [-0.1, -0.05) is 12.1 Å². The van der Waals surface area contributed by atoms with Crippen LogP contribution in [0.5, 0.6) is 11.5 Å². The average molecular weight is 426 g/mol. The summed E-state index contributed by atoms with van der Waals surface area (Å²) in [5, 5.41) is 57.1. The number of aromatic hydroxyl groups is 2. The minimum Gasteiger partial charge on any atom is -0.504 e. The summed E-state index contributed by atoms with van der Waals surface area (Å²) in [7, 11) is 0. The van der Waals surface area contributed by atoms with Gasteiger partial charge in [0.1, 0.15) is 31.0 Å². The molecular formula is C20H26O10. The molecule has 5 atom stereocenters. The van der Waals surface area contributed by atoms with Crippen LogP contribution in [0.15, 0.2) is 35.9 Å². The lowest BCUT2D eigenvalue weighted by Crippen LogP contribution is -2.59. The number of benzene rings is 1. The van der Waals surface area contributed by atoms with E-state index in [2.05, 4.69) is 0 Å². The van der Waals surface area contributed by atoms with Gasteiger partial charge in [-0.2, -0.15) is 0 Å². The molecule has 2 rings (SSSR count). The molecule has 0 radical (unpaired) electrons. The summed E-state index contributed by atoms with van der Waals surface area (Å²) in [5.41, 5.74) is 1.14. The second-order valence-electron chi connectivity index (χ2n) is 6.77. The van der Waals surface area contributed by atoms with Crippen molar-refractivity contribution in [2.75, 3.05) is 19.8 Å². The maximum Gasteiger partial charge on any atom is 0.331 e. The Labute approximate surface area is 172 Å². The molecule has 0 aliphatic carbocycles. The van der Waals surface area contributed by atoms with Crippen LogP contribution >= 0.6 is 0 Å². The van der Waals surface area contributed by atoms with Gasteiger partial charge in [-0.15, -0.1) is 0 Å². The third kappa shape index (κ3) is 6.52. The summed E-state index contributed by atoms with van der Waals surface area (Å²) in [6, 6.07) is 4.10. The molecule has 1 aromatic rings. The van der Waals surface area contributed by atoms with Gasteiger partial charge in [0.2, 0.25) is 0 Å². The molecule has 166 valence electrons. The molecule has 6 N–H and O–H groups in total. The molecule has 0 saturated carbocycles. The molecule has 1 aliphatic heterocycles. The van der Waals surface area contributed by atoms with Crippen molar-refractivity contribution in [2.45, 2.75) is 37.6 Å². The Bertz CT molecular complexity index is 773. The summed E-state index contributed by atoms with van der Waals surface area (Å²) < 4.78 is 15.6. The summed E-state index contributed by atoms with van der Waals surface area (Å²) in [5.74, 6) is -1.18. The third-order valence-electron chi connectivity index (χ3n) is 4.39. The van der Waals surface area contributed by atoms with Crippen LogP contribution in [0.25, 0.3) is 6.08 Å². The first kappa shape index (κ1) is 23.8. The van der Waals surface area contributed by atoms with Gasteiger partial charge in [0, 0.05) is 6.08 Å². The fourth-order valence-electron chi connectivity index (χ4n) is 2.59. The van der Waals surface area contributed by atoms with Gasteiger partial charge >= 0.3 is 5.97 Å². The van der Waals surface area contributed by atoms with Crippen molar-refractivity contribution >= 4 is 12.0 Å². The van der Waals surface area contributed by atoms with Crippen LogP contribution in [-0.4, -0.2) is 87.1 Å². The smallest absolute Gasteiger partial charge is 0.331 e. The first-order chi connectivity index (χ1) is 14.2. The molecule has 30 heavy (non-hydrogen) atoms. The highest BCUT2D eigenvalue weighted by Crippen LogP contribution is 2.25. The Hall–Kier alpha value is -2.47. The topological polar surface area (TPSA) is 166 Å². The summed E-state index contributed by atoms with van der Waals surface area (Å²) >= 11 is 0. The normalized spacial score (nSPS) is 27.4. The molecular weight excluding hydrogens is 400 g/mol. The van der Waals surface area contributed by atoms with E-state index in [0.717, 1.165) is 0 Å². The van der Waals surface area contributed by atoms with Crippen molar-refractivity contribution in [3.8, 4) is 11.5 Å². The molecule has 1 heterocycles. The predicted molar refractivity (Wildman–Crippen MR) is 103 cm³/mol. The molecule has 1 aromatic carbocycles. The van der Waals surface area contributed by atoms with Gasteiger partial charge in [-0.3, -0.25) is 0 Å². The third-order valence-corrected chi connectivity index (χ3v) is 4.39. The monoisotopic (exact) mass is 426 g/mol. The molecule has 10 nitrogen and oxygen atoms in total. The van der Waals surface area contributed by atoms with Crippen molar-refractivity contribution in [3.05, 3.63) is 41.5 Å². The van der Waals surface area contributed by atoms with Crippen LogP contribution < -0.4 is 0 Å². The first-order valence-electron chi connectivity index (χ1n) is 9.17. The van der Waals surface area contributed by atoms with Crippen LogP contribution in [0.3, 0.4) is 0 Å². The number of carbonyl (C=O) groups excluding carboxylic acids is 1. The lowest BCUT2D eigenvalue weighted by molar-refractivity contribution is -0.298. The fourth-order valence-corrected chi connectivity index (χ4v) is 2.59. The zero-order valence-electron chi connectivity index (χ0n) is 16.3. The van der Waals surface area contributed by atoms with E-state index < -0.39 is 43.3 Å². The number of aliphatic hydroxyl groups is 4. The van der Waals surface area contributed by atoms with Crippen LogP contribution in [0.1, 0.15) is 12.5 Å². The maximum absolute atomic E-state index is 11.8. The van der Waals surface area contributed by atoms with Gasteiger partial charge in [-0.05, 0) is 36.3 Å². The molecule has 1 saturated heterocycles. The molecule has 0 amide bonds. The van der Waals surface area contributed by atoms with E-state index in [4.69, 9.17) is 19.3 Å². The largest absolute Gasteiger partial charge is 0.504 e. The Balaban J connectivity index is 1.77. The summed E-state index contributed by atoms with van der Waals surface area (Å²) in [4.78, 5) is 11.8. The van der Waals surface area contributed by atoms with Crippen molar-refractivity contribution in [3.63, 3.8) is 0 Å². The van der Waals surface area contributed by atoms with Crippen LogP contribution in [0.4, 0.5) is 0 Å².